The third-order valence-corrected chi connectivity index (χ3v) is 5.23. The van der Waals surface area contributed by atoms with Crippen LogP contribution in [-0.4, -0.2) is 17.1 Å². The molecule has 0 bridgehead atoms. The van der Waals surface area contributed by atoms with Crippen molar-refractivity contribution in [3.05, 3.63) is 41.7 Å². The molecule has 0 radical (unpaired) electrons. The van der Waals surface area contributed by atoms with Gasteiger partial charge in [0.2, 0.25) is 0 Å². The number of nitrogens with zero attached hydrogens (tertiary/aromatic N) is 2. The Bertz CT molecular complexity index is 668. The van der Waals surface area contributed by atoms with E-state index in [1.54, 1.807) is 4.90 Å². The Morgan fingerprint density at radius 1 is 1.16 bits per heavy atom. The maximum atomic E-state index is 13.0. The number of amides is 1. The molecule has 0 aromatic heterocycles. The average molecular weight is 340 g/mol. The van der Waals surface area contributed by atoms with Gasteiger partial charge in [0.05, 0.1) is 0 Å². The number of rotatable bonds is 3. The number of hydrogen-bond acceptors (Lipinski definition) is 3. The summed E-state index contributed by atoms with van der Waals surface area (Å²) in [6.45, 7) is 8.19. The number of allylic oxidation sites excluding steroid dienone is 1. The molecule has 1 aromatic rings. The standard InChI is InChI=1S/C21H28N2O2/c1-15(24)19(14-22)20(25)23(17-8-6-5-7-9-17)18-12-10-16(11-13-18)21(2,3)4/h5-9,16,18,24H,10-13H2,1-4H3/b19-15-. The Morgan fingerprint density at radius 3 is 2.16 bits per heavy atom. The first kappa shape index (κ1) is 19.1. The second kappa shape index (κ2) is 7.74. The van der Waals surface area contributed by atoms with Gasteiger partial charge in [-0.05, 0) is 56.1 Å². The predicted octanol–water partition coefficient (Wildman–Crippen LogP) is 4.98. The van der Waals surface area contributed by atoms with Gasteiger partial charge in [-0.1, -0.05) is 39.0 Å². The van der Waals surface area contributed by atoms with Crippen LogP contribution in [-0.2, 0) is 4.79 Å². The van der Waals surface area contributed by atoms with Crippen LogP contribution in [0.15, 0.2) is 41.7 Å². The average Bonchev–Trinajstić information content (AvgIpc) is 2.56. The number of anilines is 1. The van der Waals surface area contributed by atoms with E-state index in [2.05, 4.69) is 20.8 Å². The van der Waals surface area contributed by atoms with Crippen molar-refractivity contribution in [2.75, 3.05) is 4.90 Å². The molecular formula is C21H28N2O2. The van der Waals surface area contributed by atoms with Gasteiger partial charge in [0, 0.05) is 11.7 Å². The van der Waals surface area contributed by atoms with Crippen LogP contribution in [0.2, 0.25) is 0 Å². The molecule has 25 heavy (non-hydrogen) atoms. The summed E-state index contributed by atoms with van der Waals surface area (Å²) in [5.41, 5.74) is 0.869. The highest BCUT2D eigenvalue weighted by Gasteiger charge is 2.35. The summed E-state index contributed by atoms with van der Waals surface area (Å²) in [5.74, 6) is 0.00625. The lowest BCUT2D eigenvalue weighted by Gasteiger charge is -2.41. The highest BCUT2D eigenvalue weighted by Crippen LogP contribution is 2.40. The second-order valence-electron chi connectivity index (χ2n) is 7.95. The van der Waals surface area contributed by atoms with Crippen molar-refractivity contribution in [2.45, 2.75) is 59.4 Å². The Morgan fingerprint density at radius 2 is 1.72 bits per heavy atom. The number of nitriles is 1. The number of carbonyl (C=O) groups is 1. The monoisotopic (exact) mass is 340 g/mol. The molecule has 0 spiro atoms. The molecule has 0 unspecified atom stereocenters. The molecule has 4 heteroatoms. The number of carbonyl (C=O) groups excluding carboxylic acids is 1. The normalized spacial score (nSPS) is 21.9. The fourth-order valence-corrected chi connectivity index (χ4v) is 3.69. The molecule has 0 heterocycles. The van der Waals surface area contributed by atoms with E-state index in [-0.39, 0.29) is 22.8 Å². The topological polar surface area (TPSA) is 64.3 Å². The number of benzene rings is 1. The van der Waals surface area contributed by atoms with E-state index in [1.165, 1.54) is 6.92 Å². The number of hydrogen-bond donors (Lipinski definition) is 1. The smallest absolute Gasteiger partial charge is 0.272 e. The summed E-state index contributed by atoms with van der Waals surface area (Å²) < 4.78 is 0. The quantitative estimate of drug-likeness (QED) is 0.479. The zero-order chi connectivity index (χ0) is 18.6. The highest BCUT2D eigenvalue weighted by molar-refractivity contribution is 6.08. The zero-order valence-corrected chi connectivity index (χ0v) is 15.6. The van der Waals surface area contributed by atoms with Crippen molar-refractivity contribution < 1.29 is 9.90 Å². The third-order valence-electron chi connectivity index (χ3n) is 5.23. The lowest BCUT2D eigenvalue weighted by molar-refractivity contribution is -0.115. The first-order valence-corrected chi connectivity index (χ1v) is 8.94. The molecule has 0 saturated heterocycles. The minimum absolute atomic E-state index is 0.0520. The molecule has 1 amide bonds. The van der Waals surface area contributed by atoms with Crippen molar-refractivity contribution in [3.8, 4) is 6.07 Å². The van der Waals surface area contributed by atoms with Gasteiger partial charge in [0.15, 0.2) is 5.57 Å². The lowest BCUT2D eigenvalue weighted by Crippen LogP contribution is -2.44. The Labute approximate surface area is 150 Å². The number of aliphatic hydroxyl groups excluding tert-OH is 1. The van der Waals surface area contributed by atoms with Gasteiger partial charge in [-0.15, -0.1) is 0 Å². The molecular weight excluding hydrogens is 312 g/mol. The van der Waals surface area contributed by atoms with Gasteiger partial charge in [-0.3, -0.25) is 4.79 Å². The Hall–Kier alpha value is -2.28. The molecule has 4 nitrogen and oxygen atoms in total. The summed E-state index contributed by atoms with van der Waals surface area (Å²) in [6, 6.07) is 11.4. The van der Waals surface area contributed by atoms with Crippen LogP contribution in [0, 0.1) is 22.7 Å². The van der Waals surface area contributed by atoms with Gasteiger partial charge in [0.1, 0.15) is 11.8 Å². The molecule has 1 aromatic carbocycles. The first-order valence-electron chi connectivity index (χ1n) is 8.94. The van der Waals surface area contributed by atoms with Gasteiger partial charge in [-0.2, -0.15) is 5.26 Å². The maximum absolute atomic E-state index is 13.0. The molecule has 1 aliphatic rings. The fourth-order valence-electron chi connectivity index (χ4n) is 3.69. The number of para-hydroxylation sites is 1. The van der Waals surface area contributed by atoms with Gasteiger partial charge >= 0.3 is 0 Å². The molecule has 2 rings (SSSR count). The Kier molecular flexibility index (Phi) is 5.89. The fraction of sp³-hybridized carbons (Fsp3) is 0.524. The number of aliphatic hydroxyl groups is 1. The van der Waals surface area contributed by atoms with Gasteiger partial charge < -0.3 is 10.0 Å². The zero-order valence-electron chi connectivity index (χ0n) is 15.6. The van der Waals surface area contributed by atoms with Gasteiger partial charge in [-0.25, -0.2) is 0 Å². The molecule has 1 N–H and O–H groups in total. The van der Waals surface area contributed by atoms with E-state index in [0.717, 1.165) is 31.4 Å². The second-order valence-corrected chi connectivity index (χ2v) is 7.95. The molecule has 0 aliphatic heterocycles. The molecule has 134 valence electrons. The van der Waals surface area contributed by atoms with Crippen LogP contribution in [0.4, 0.5) is 5.69 Å². The predicted molar refractivity (Wildman–Crippen MR) is 100 cm³/mol. The van der Waals surface area contributed by atoms with E-state index in [4.69, 9.17) is 0 Å². The maximum Gasteiger partial charge on any atom is 0.272 e. The van der Waals surface area contributed by atoms with Crippen LogP contribution >= 0.6 is 0 Å². The van der Waals surface area contributed by atoms with Crippen molar-refractivity contribution in [1.29, 1.82) is 5.26 Å². The van der Waals surface area contributed by atoms with E-state index in [9.17, 15) is 15.2 Å². The van der Waals surface area contributed by atoms with Crippen LogP contribution < -0.4 is 4.90 Å². The van der Waals surface area contributed by atoms with E-state index < -0.39 is 5.91 Å². The van der Waals surface area contributed by atoms with Crippen LogP contribution in [0.25, 0.3) is 0 Å². The third kappa shape index (κ3) is 4.42. The lowest BCUT2D eigenvalue weighted by atomic mass is 9.71. The van der Waals surface area contributed by atoms with Crippen molar-refractivity contribution in [3.63, 3.8) is 0 Å². The van der Waals surface area contributed by atoms with Crippen LogP contribution in [0.3, 0.4) is 0 Å². The summed E-state index contributed by atoms with van der Waals surface area (Å²) >= 11 is 0. The summed E-state index contributed by atoms with van der Waals surface area (Å²) in [6.07, 6.45) is 3.94. The summed E-state index contributed by atoms with van der Waals surface area (Å²) in [7, 11) is 0. The molecule has 1 fully saturated rings. The van der Waals surface area contributed by atoms with Crippen molar-refractivity contribution >= 4 is 11.6 Å². The molecule has 1 aliphatic carbocycles. The largest absolute Gasteiger partial charge is 0.511 e. The van der Waals surface area contributed by atoms with Crippen LogP contribution in [0.1, 0.15) is 53.4 Å². The minimum atomic E-state index is -0.409. The van der Waals surface area contributed by atoms with E-state index in [1.807, 2.05) is 36.4 Å². The minimum Gasteiger partial charge on any atom is -0.511 e. The summed E-state index contributed by atoms with van der Waals surface area (Å²) in [5, 5.41) is 19.0. The molecule has 1 saturated carbocycles. The van der Waals surface area contributed by atoms with E-state index in [0.29, 0.717) is 5.92 Å². The van der Waals surface area contributed by atoms with Crippen LogP contribution in [0.5, 0.6) is 0 Å². The summed E-state index contributed by atoms with van der Waals surface area (Å²) in [4.78, 5) is 14.7. The first-order chi connectivity index (χ1) is 11.8. The Balaban J connectivity index is 2.31. The van der Waals surface area contributed by atoms with E-state index >= 15 is 0 Å². The van der Waals surface area contributed by atoms with Crippen molar-refractivity contribution in [2.24, 2.45) is 11.3 Å². The SMILES string of the molecule is C/C(O)=C(\C#N)C(=O)N(c1ccccc1)C1CCC(C(C)(C)C)CC1. The van der Waals surface area contributed by atoms with Gasteiger partial charge in [0.25, 0.3) is 5.91 Å². The molecule has 0 atom stereocenters. The van der Waals surface area contributed by atoms with Crippen molar-refractivity contribution in [1.82, 2.24) is 0 Å². The highest BCUT2D eigenvalue weighted by atomic mass is 16.3.